The molecule has 4 heteroatoms. The molecule has 1 aromatic heterocycles. The van der Waals surface area contributed by atoms with Crippen LogP contribution < -0.4 is 5.73 Å². The Morgan fingerprint density at radius 3 is 2.88 bits per heavy atom. The van der Waals surface area contributed by atoms with Crippen molar-refractivity contribution in [2.45, 2.75) is 32.2 Å². The first kappa shape index (κ1) is 12.2. The SMILES string of the molecule is CCc1occc1C(=O)N(C)C(CN)C1CC1. The van der Waals surface area contributed by atoms with Crippen LogP contribution in [0.15, 0.2) is 16.7 Å². The molecule has 4 nitrogen and oxygen atoms in total. The highest BCUT2D eigenvalue weighted by molar-refractivity contribution is 5.95. The second-order valence-electron chi connectivity index (χ2n) is 4.67. The Morgan fingerprint density at radius 1 is 1.65 bits per heavy atom. The molecule has 2 N–H and O–H groups in total. The van der Waals surface area contributed by atoms with Crippen molar-refractivity contribution in [1.82, 2.24) is 4.90 Å². The monoisotopic (exact) mass is 236 g/mol. The van der Waals surface area contributed by atoms with Gasteiger partial charge in [0.25, 0.3) is 5.91 Å². The third-order valence-corrected chi connectivity index (χ3v) is 3.52. The lowest BCUT2D eigenvalue weighted by molar-refractivity contribution is 0.0716. The van der Waals surface area contributed by atoms with Crippen molar-refractivity contribution in [3.63, 3.8) is 0 Å². The molecule has 2 rings (SSSR count). The summed E-state index contributed by atoms with van der Waals surface area (Å²) in [6.07, 6.45) is 4.68. The molecular weight excluding hydrogens is 216 g/mol. The van der Waals surface area contributed by atoms with Crippen LogP contribution >= 0.6 is 0 Å². The summed E-state index contributed by atoms with van der Waals surface area (Å²) in [6, 6.07) is 1.92. The molecule has 1 amide bonds. The van der Waals surface area contributed by atoms with Crippen LogP contribution in [0.25, 0.3) is 0 Å². The number of carbonyl (C=O) groups is 1. The molecule has 1 unspecified atom stereocenters. The van der Waals surface area contributed by atoms with Crippen LogP contribution in [0.3, 0.4) is 0 Å². The van der Waals surface area contributed by atoms with Gasteiger partial charge in [0.15, 0.2) is 0 Å². The lowest BCUT2D eigenvalue weighted by atomic mass is 10.1. The van der Waals surface area contributed by atoms with Crippen molar-refractivity contribution in [1.29, 1.82) is 0 Å². The van der Waals surface area contributed by atoms with Gasteiger partial charge >= 0.3 is 0 Å². The second kappa shape index (κ2) is 4.92. The average Bonchev–Trinajstić information content (AvgIpc) is 3.05. The van der Waals surface area contributed by atoms with Crippen molar-refractivity contribution in [2.75, 3.05) is 13.6 Å². The quantitative estimate of drug-likeness (QED) is 0.845. The minimum Gasteiger partial charge on any atom is -0.469 e. The number of amides is 1. The molecule has 1 saturated carbocycles. The Labute approximate surface area is 102 Å². The highest BCUT2D eigenvalue weighted by Crippen LogP contribution is 2.35. The second-order valence-corrected chi connectivity index (χ2v) is 4.67. The fourth-order valence-corrected chi connectivity index (χ4v) is 2.29. The Morgan fingerprint density at radius 2 is 2.35 bits per heavy atom. The fourth-order valence-electron chi connectivity index (χ4n) is 2.29. The zero-order valence-corrected chi connectivity index (χ0v) is 10.5. The molecule has 94 valence electrons. The maximum Gasteiger partial charge on any atom is 0.257 e. The van der Waals surface area contributed by atoms with E-state index in [4.69, 9.17) is 10.2 Å². The van der Waals surface area contributed by atoms with E-state index < -0.39 is 0 Å². The van der Waals surface area contributed by atoms with Gasteiger partial charge in [0.2, 0.25) is 0 Å². The van der Waals surface area contributed by atoms with Gasteiger partial charge in [0.05, 0.1) is 11.8 Å². The number of hydrogen-bond acceptors (Lipinski definition) is 3. The van der Waals surface area contributed by atoms with E-state index in [1.165, 1.54) is 12.8 Å². The molecule has 1 aromatic rings. The van der Waals surface area contributed by atoms with Gasteiger partial charge < -0.3 is 15.1 Å². The number of nitrogens with zero attached hydrogens (tertiary/aromatic N) is 1. The fraction of sp³-hybridized carbons (Fsp3) is 0.615. The van der Waals surface area contributed by atoms with E-state index in [9.17, 15) is 4.79 Å². The van der Waals surface area contributed by atoms with Crippen molar-refractivity contribution in [3.05, 3.63) is 23.7 Å². The standard InChI is InChI=1S/C13H20N2O2/c1-3-12-10(6-7-17-12)13(16)15(2)11(8-14)9-4-5-9/h6-7,9,11H,3-5,8,14H2,1-2H3. The van der Waals surface area contributed by atoms with E-state index in [0.717, 1.165) is 12.2 Å². The number of aryl methyl sites for hydroxylation is 1. The molecule has 0 radical (unpaired) electrons. The van der Waals surface area contributed by atoms with Crippen molar-refractivity contribution in [2.24, 2.45) is 11.7 Å². The van der Waals surface area contributed by atoms with Crippen LogP contribution in [0.5, 0.6) is 0 Å². The lowest BCUT2D eigenvalue weighted by Crippen LogP contribution is -2.43. The van der Waals surface area contributed by atoms with E-state index in [0.29, 0.717) is 18.0 Å². The highest BCUT2D eigenvalue weighted by atomic mass is 16.3. The molecule has 1 aliphatic rings. The first-order valence-electron chi connectivity index (χ1n) is 6.22. The number of rotatable bonds is 5. The Bertz CT molecular complexity index is 396. The molecule has 0 aliphatic heterocycles. The minimum atomic E-state index is 0.0259. The Hall–Kier alpha value is -1.29. The lowest BCUT2D eigenvalue weighted by Gasteiger charge is -2.27. The zero-order valence-electron chi connectivity index (χ0n) is 10.5. The van der Waals surface area contributed by atoms with Gasteiger partial charge in [0.1, 0.15) is 5.76 Å². The van der Waals surface area contributed by atoms with Crippen molar-refractivity contribution in [3.8, 4) is 0 Å². The van der Waals surface area contributed by atoms with E-state index >= 15 is 0 Å². The van der Waals surface area contributed by atoms with Crippen LogP contribution in [0, 0.1) is 5.92 Å². The van der Waals surface area contributed by atoms with Gasteiger partial charge in [-0.3, -0.25) is 4.79 Å². The van der Waals surface area contributed by atoms with Gasteiger partial charge in [-0.05, 0) is 24.8 Å². The van der Waals surface area contributed by atoms with Crippen molar-refractivity contribution >= 4 is 5.91 Å². The molecule has 17 heavy (non-hydrogen) atoms. The Kier molecular flexibility index (Phi) is 3.52. The third kappa shape index (κ3) is 2.36. The summed E-state index contributed by atoms with van der Waals surface area (Å²) < 4.78 is 5.30. The first-order chi connectivity index (χ1) is 8.19. The molecule has 0 aromatic carbocycles. The van der Waals surface area contributed by atoms with E-state index in [1.54, 1.807) is 17.2 Å². The topological polar surface area (TPSA) is 59.5 Å². The number of likely N-dealkylation sites (N-methyl/N-ethyl adjacent to an activating group) is 1. The van der Waals surface area contributed by atoms with Gasteiger partial charge in [-0.25, -0.2) is 0 Å². The smallest absolute Gasteiger partial charge is 0.257 e. The van der Waals surface area contributed by atoms with Crippen LogP contribution in [0.2, 0.25) is 0 Å². The van der Waals surface area contributed by atoms with Gasteiger partial charge in [-0.15, -0.1) is 0 Å². The normalized spacial score (nSPS) is 16.9. The molecular formula is C13H20N2O2. The molecule has 0 bridgehead atoms. The molecule has 1 aliphatic carbocycles. The molecule has 0 saturated heterocycles. The van der Waals surface area contributed by atoms with E-state index in [2.05, 4.69) is 0 Å². The maximum absolute atomic E-state index is 12.3. The molecule has 0 spiro atoms. The molecule has 1 fully saturated rings. The first-order valence-corrected chi connectivity index (χ1v) is 6.22. The maximum atomic E-state index is 12.3. The molecule has 1 atom stereocenters. The highest BCUT2D eigenvalue weighted by Gasteiger charge is 2.35. The molecule has 1 heterocycles. The van der Waals surface area contributed by atoms with Gasteiger partial charge in [0, 0.05) is 26.1 Å². The summed E-state index contributed by atoms with van der Waals surface area (Å²) in [4.78, 5) is 14.1. The largest absolute Gasteiger partial charge is 0.469 e. The minimum absolute atomic E-state index is 0.0259. The van der Waals surface area contributed by atoms with E-state index in [1.807, 2.05) is 14.0 Å². The average molecular weight is 236 g/mol. The summed E-state index contributed by atoms with van der Waals surface area (Å²) in [5.41, 5.74) is 6.43. The summed E-state index contributed by atoms with van der Waals surface area (Å²) in [6.45, 7) is 2.52. The number of nitrogens with two attached hydrogens (primary N) is 1. The zero-order chi connectivity index (χ0) is 12.4. The van der Waals surface area contributed by atoms with Crippen LogP contribution in [-0.4, -0.2) is 30.4 Å². The predicted molar refractivity (Wildman–Crippen MR) is 65.7 cm³/mol. The van der Waals surface area contributed by atoms with Crippen LogP contribution in [0.4, 0.5) is 0 Å². The number of hydrogen-bond donors (Lipinski definition) is 1. The van der Waals surface area contributed by atoms with Crippen LogP contribution in [-0.2, 0) is 6.42 Å². The summed E-state index contributed by atoms with van der Waals surface area (Å²) in [5, 5.41) is 0. The summed E-state index contributed by atoms with van der Waals surface area (Å²) in [5.74, 6) is 1.37. The van der Waals surface area contributed by atoms with Crippen LogP contribution in [0.1, 0.15) is 35.9 Å². The summed E-state index contributed by atoms with van der Waals surface area (Å²) in [7, 11) is 1.84. The van der Waals surface area contributed by atoms with E-state index in [-0.39, 0.29) is 11.9 Å². The summed E-state index contributed by atoms with van der Waals surface area (Å²) >= 11 is 0. The predicted octanol–water partition coefficient (Wildman–Crippen LogP) is 1.65. The third-order valence-electron chi connectivity index (χ3n) is 3.52. The van der Waals surface area contributed by atoms with Gasteiger partial charge in [-0.1, -0.05) is 6.92 Å². The van der Waals surface area contributed by atoms with Gasteiger partial charge in [-0.2, -0.15) is 0 Å². The van der Waals surface area contributed by atoms with Crippen molar-refractivity contribution < 1.29 is 9.21 Å². The Balaban J connectivity index is 2.13. The number of carbonyl (C=O) groups excluding carboxylic acids is 1. The number of furan rings is 1.